The number of rotatable bonds is 5. The largest absolute Gasteiger partial charge is 0.504 e. The second-order valence-electron chi connectivity index (χ2n) is 5.82. The highest BCUT2D eigenvalue weighted by atomic mass is 35.5. The molecular formula is C21H19ClO2Si. The lowest BCUT2D eigenvalue weighted by molar-refractivity contribution is -0.134. The summed E-state index contributed by atoms with van der Waals surface area (Å²) in [5.41, 5.74) is 0. The summed E-state index contributed by atoms with van der Waals surface area (Å²) in [4.78, 5) is 12.6. The van der Waals surface area contributed by atoms with Crippen LogP contribution in [0, 0.1) is 0 Å². The van der Waals surface area contributed by atoms with E-state index in [0.717, 1.165) is 15.6 Å². The number of halogens is 1. The number of hydrogen-bond acceptors (Lipinski definition) is 2. The molecule has 0 fully saturated rings. The highest BCUT2D eigenvalue weighted by Gasteiger charge is 2.45. The first-order chi connectivity index (χ1) is 12.1. The number of carbonyl (C=O) groups excluding carboxylic acids is 1. The molecule has 0 N–H and O–H groups in total. The van der Waals surface area contributed by atoms with E-state index in [0.29, 0.717) is 0 Å². The van der Waals surface area contributed by atoms with Gasteiger partial charge in [-0.3, -0.25) is 4.79 Å². The molecule has 0 heterocycles. The van der Waals surface area contributed by atoms with E-state index in [4.69, 9.17) is 16.0 Å². The third kappa shape index (κ3) is 3.53. The second kappa shape index (κ2) is 7.68. The van der Waals surface area contributed by atoms with Crippen LogP contribution in [0.2, 0.25) is 0 Å². The monoisotopic (exact) mass is 366 g/mol. The van der Waals surface area contributed by atoms with Gasteiger partial charge in [-0.2, -0.15) is 0 Å². The van der Waals surface area contributed by atoms with Gasteiger partial charge in [0.05, 0.1) is 0 Å². The third-order valence-corrected chi connectivity index (χ3v) is 8.24. The normalized spacial score (nSPS) is 12.4. The van der Waals surface area contributed by atoms with Crippen molar-refractivity contribution in [3.63, 3.8) is 0 Å². The molecular weight excluding hydrogens is 348 g/mol. The zero-order valence-electron chi connectivity index (χ0n) is 13.9. The van der Waals surface area contributed by atoms with Gasteiger partial charge in [-0.05, 0) is 22.5 Å². The van der Waals surface area contributed by atoms with Crippen molar-refractivity contribution in [2.24, 2.45) is 0 Å². The molecule has 0 spiro atoms. The topological polar surface area (TPSA) is 26.3 Å². The average Bonchev–Trinajstić information content (AvgIpc) is 2.68. The smallest absolute Gasteiger partial charge is 0.350 e. The minimum Gasteiger partial charge on any atom is -0.504 e. The Labute approximate surface area is 154 Å². The SMILES string of the molecule is CC(Cl)C(=O)O[Si](c1ccccc1)(c1ccccc1)c1ccccc1. The summed E-state index contributed by atoms with van der Waals surface area (Å²) in [5.74, 6) is -0.398. The quantitative estimate of drug-likeness (QED) is 0.394. The number of benzene rings is 3. The Morgan fingerprint density at radius 2 is 1.08 bits per heavy atom. The van der Waals surface area contributed by atoms with Crippen molar-refractivity contribution in [3.05, 3.63) is 91.0 Å². The molecule has 4 heteroatoms. The van der Waals surface area contributed by atoms with Crippen LogP contribution in [0.4, 0.5) is 0 Å². The van der Waals surface area contributed by atoms with E-state index in [-0.39, 0.29) is 0 Å². The van der Waals surface area contributed by atoms with Crippen LogP contribution in [0.15, 0.2) is 91.0 Å². The van der Waals surface area contributed by atoms with Crippen molar-refractivity contribution in [1.82, 2.24) is 0 Å². The predicted molar refractivity (Wildman–Crippen MR) is 105 cm³/mol. The zero-order valence-corrected chi connectivity index (χ0v) is 15.7. The first-order valence-electron chi connectivity index (χ1n) is 8.18. The first-order valence-corrected chi connectivity index (χ1v) is 10.5. The molecule has 3 aromatic carbocycles. The van der Waals surface area contributed by atoms with E-state index in [1.165, 1.54) is 0 Å². The van der Waals surface area contributed by atoms with Gasteiger partial charge in [0.1, 0.15) is 5.38 Å². The lowest BCUT2D eigenvalue weighted by Gasteiger charge is -2.32. The zero-order chi connectivity index (χ0) is 17.7. The summed E-state index contributed by atoms with van der Waals surface area (Å²) in [6.07, 6.45) is 0. The molecule has 3 aromatic rings. The summed E-state index contributed by atoms with van der Waals surface area (Å²) < 4.78 is 6.23. The van der Waals surface area contributed by atoms with Gasteiger partial charge in [0.2, 0.25) is 0 Å². The molecule has 0 bridgehead atoms. The van der Waals surface area contributed by atoms with Crippen molar-refractivity contribution < 1.29 is 9.22 Å². The van der Waals surface area contributed by atoms with E-state index >= 15 is 0 Å². The summed E-state index contributed by atoms with van der Waals surface area (Å²) in [5, 5.41) is 2.33. The van der Waals surface area contributed by atoms with Crippen LogP contribution < -0.4 is 15.6 Å². The maximum atomic E-state index is 12.6. The summed E-state index contributed by atoms with van der Waals surface area (Å²) in [7, 11) is -2.98. The number of hydrogen-bond donors (Lipinski definition) is 0. The maximum absolute atomic E-state index is 12.6. The molecule has 0 saturated carbocycles. The fourth-order valence-corrected chi connectivity index (χ4v) is 6.86. The maximum Gasteiger partial charge on any atom is 0.350 e. The number of alkyl halides is 1. The van der Waals surface area contributed by atoms with Gasteiger partial charge in [-0.15, -0.1) is 11.6 Å². The van der Waals surface area contributed by atoms with E-state index in [9.17, 15) is 4.79 Å². The van der Waals surface area contributed by atoms with Crippen LogP contribution >= 0.6 is 11.6 Å². The van der Waals surface area contributed by atoms with Gasteiger partial charge in [0, 0.05) is 0 Å². The lowest BCUT2D eigenvalue weighted by atomic mass is 10.3. The fraction of sp³-hybridized carbons (Fsp3) is 0.0952. The van der Waals surface area contributed by atoms with E-state index in [1.54, 1.807) is 6.92 Å². The molecule has 0 aliphatic rings. The van der Waals surface area contributed by atoms with E-state index in [1.807, 2.05) is 91.0 Å². The summed E-state index contributed by atoms with van der Waals surface area (Å²) in [6.45, 7) is 1.64. The van der Waals surface area contributed by atoms with Crippen LogP contribution in [-0.4, -0.2) is 19.7 Å². The predicted octanol–water partition coefficient (Wildman–Crippen LogP) is 2.82. The Morgan fingerprint density at radius 1 is 0.760 bits per heavy atom. The molecule has 126 valence electrons. The number of carbonyl (C=O) groups is 1. The summed E-state index contributed by atoms with van der Waals surface area (Å²) >= 11 is 6.04. The molecule has 0 aliphatic carbocycles. The highest BCUT2D eigenvalue weighted by molar-refractivity contribution is 7.07. The Hall–Kier alpha value is -2.36. The molecule has 3 rings (SSSR count). The molecule has 0 aliphatic heterocycles. The van der Waals surface area contributed by atoms with Crippen LogP contribution in [0.5, 0.6) is 0 Å². The first kappa shape index (κ1) is 17.5. The van der Waals surface area contributed by atoms with E-state index < -0.39 is 19.7 Å². The van der Waals surface area contributed by atoms with Crippen LogP contribution in [-0.2, 0) is 9.22 Å². The molecule has 1 atom stereocenters. The van der Waals surface area contributed by atoms with Crippen molar-refractivity contribution in [2.45, 2.75) is 12.3 Å². The van der Waals surface area contributed by atoms with Gasteiger partial charge in [-0.1, -0.05) is 91.0 Å². The summed E-state index contributed by atoms with van der Waals surface area (Å²) in [6, 6.07) is 29.9. The van der Waals surface area contributed by atoms with Crippen LogP contribution in [0.3, 0.4) is 0 Å². The third-order valence-electron chi connectivity index (χ3n) is 4.12. The Balaban J connectivity index is 2.29. The van der Waals surface area contributed by atoms with Crippen molar-refractivity contribution in [2.75, 3.05) is 0 Å². The molecule has 0 amide bonds. The molecule has 0 aromatic heterocycles. The molecule has 0 radical (unpaired) electrons. The van der Waals surface area contributed by atoms with Crippen molar-refractivity contribution in [3.8, 4) is 0 Å². The van der Waals surface area contributed by atoms with Crippen molar-refractivity contribution in [1.29, 1.82) is 0 Å². The van der Waals surface area contributed by atoms with Gasteiger partial charge in [-0.25, -0.2) is 0 Å². The van der Waals surface area contributed by atoms with Crippen LogP contribution in [0.1, 0.15) is 6.92 Å². The van der Waals surface area contributed by atoms with Gasteiger partial charge < -0.3 is 4.43 Å². The van der Waals surface area contributed by atoms with Gasteiger partial charge in [0.25, 0.3) is 0 Å². The highest BCUT2D eigenvalue weighted by Crippen LogP contribution is 2.12. The second-order valence-corrected chi connectivity index (χ2v) is 9.77. The lowest BCUT2D eigenvalue weighted by Crippen LogP contribution is -2.70. The minimum absolute atomic E-state index is 0.398. The van der Waals surface area contributed by atoms with E-state index in [2.05, 4.69) is 0 Å². The van der Waals surface area contributed by atoms with Crippen molar-refractivity contribution >= 4 is 41.4 Å². The molecule has 25 heavy (non-hydrogen) atoms. The van der Waals surface area contributed by atoms with Gasteiger partial charge >= 0.3 is 14.3 Å². The fourth-order valence-electron chi connectivity index (χ4n) is 2.93. The minimum atomic E-state index is -2.98. The average molecular weight is 367 g/mol. The molecule has 1 unspecified atom stereocenters. The van der Waals surface area contributed by atoms with Gasteiger partial charge in [0.15, 0.2) is 0 Å². The van der Waals surface area contributed by atoms with Crippen LogP contribution in [0.25, 0.3) is 0 Å². The standard InChI is InChI=1S/C21H19ClO2Si/c1-17(22)21(23)24-25(18-11-5-2-6-12-18,19-13-7-3-8-14-19)20-15-9-4-10-16-20/h2-17H,1H3. The Bertz CT molecular complexity index is 724. The molecule has 2 nitrogen and oxygen atoms in total. The Morgan fingerprint density at radius 3 is 1.36 bits per heavy atom. The Kier molecular flexibility index (Phi) is 5.36. The molecule has 0 saturated heterocycles.